The van der Waals surface area contributed by atoms with E-state index in [0.717, 1.165) is 6.20 Å². The average molecular weight is 240 g/mol. The second kappa shape index (κ2) is 5.72. The van der Waals surface area contributed by atoms with Crippen LogP contribution in [0.3, 0.4) is 0 Å². The van der Waals surface area contributed by atoms with Gasteiger partial charge in [0.05, 0.1) is 18.5 Å². The summed E-state index contributed by atoms with van der Waals surface area (Å²) in [4.78, 5) is 16.0. The number of pyridine rings is 1. The summed E-state index contributed by atoms with van der Waals surface area (Å²) >= 11 is 0. The van der Waals surface area contributed by atoms with Crippen LogP contribution in [0.5, 0.6) is 0 Å². The molecular formula is C12H17FN2O2. The molecule has 0 aromatic carbocycles. The van der Waals surface area contributed by atoms with Crippen LogP contribution in [0.2, 0.25) is 0 Å². The van der Waals surface area contributed by atoms with Gasteiger partial charge in [-0.1, -0.05) is 6.92 Å². The van der Waals surface area contributed by atoms with Crippen LogP contribution in [0.15, 0.2) is 18.3 Å². The largest absolute Gasteiger partial charge is 0.464 e. The van der Waals surface area contributed by atoms with Gasteiger partial charge in [-0.3, -0.25) is 10.3 Å². The monoisotopic (exact) mass is 240 g/mol. The predicted molar refractivity (Wildman–Crippen MR) is 61.9 cm³/mol. The van der Waals surface area contributed by atoms with Crippen LogP contribution in [-0.4, -0.2) is 24.6 Å². The van der Waals surface area contributed by atoms with E-state index in [1.807, 2.05) is 6.92 Å². The number of nitrogens with one attached hydrogen (secondary N) is 1. The van der Waals surface area contributed by atoms with E-state index in [1.54, 1.807) is 14.0 Å². The molecule has 0 saturated carbocycles. The second-order valence-corrected chi connectivity index (χ2v) is 3.59. The Morgan fingerprint density at radius 3 is 2.65 bits per heavy atom. The zero-order chi connectivity index (χ0) is 12.9. The minimum Gasteiger partial charge on any atom is -0.464 e. The molecule has 1 atom stereocenters. The highest BCUT2D eigenvalue weighted by atomic mass is 19.1. The molecule has 0 aliphatic heterocycles. The first-order valence-electron chi connectivity index (χ1n) is 5.58. The molecule has 5 heteroatoms. The van der Waals surface area contributed by atoms with E-state index in [0.29, 0.717) is 18.7 Å². The summed E-state index contributed by atoms with van der Waals surface area (Å²) in [7, 11) is 1.66. The van der Waals surface area contributed by atoms with Crippen molar-refractivity contribution in [3.63, 3.8) is 0 Å². The Hall–Kier alpha value is -1.49. The summed E-state index contributed by atoms with van der Waals surface area (Å²) in [5.41, 5.74) is -0.550. The number of aromatic nitrogens is 1. The molecule has 0 saturated heterocycles. The summed E-state index contributed by atoms with van der Waals surface area (Å²) in [5, 5.41) is 2.93. The molecule has 1 aromatic rings. The maximum absolute atomic E-state index is 12.8. The van der Waals surface area contributed by atoms with Gasteiger partial charge in [0.15, 0.2) is 5.54 Å². The highest BCUT2D eigenvalue weighted by Gasteiger charge is 2.39. The lowest BCUT2D eigenvalue weighted by Gasteiger charge is -2.29. The van der Waals surface area contributed by atoms with Crippen molar-refractivity contribution in [2.24, 2.45) is 0 Å². The smallest absolute Gasteiger partial charge is 0.332 e. The van der Waals surface area contributed by atoms with E-state index < -0.39 is 17.3 Å². The van der Waals surface area contributed by atoms with Gasteiger partial charge in [-0.25, -0.2) is 9.18 Å². The maximum atomic E-state index is 12.8. The lowest BCUT2D eigenvalue weighted by Crippen LogP contribution is -2.48. The lowest BCUT2D eigenvalue weighted by molar-refractivity contribution is -0.152. The minimum atomic E-state index is -1.01. The van der Waals surface area contributed by atoms with Crippen molar-refractivity contribution in [3.8, 4) is 0 Å². The molecule has 1 unspecified atom stereocenters. The van der Waals surface area contributed by atoms with Crippen molar-refractivity contribution >= 4 is 5.97 Å². The summed E-state index contributed by atoms with van der Waals surface area (Å²) in [6, 6.07) is 2.77. The van der Waals surface area contributed by atoms with E-state index in [9.17, 15) is 9.18 Å². The molecule has 0 bridgehead atoms. The lowest BCUT2D eigenvalue weighted by atomic mass is 9.91. The molecule has 1 heterocycles. The van der Waals surface area contributed by atoms with Crippen molar-refractivity contribution in [2.45, 2.75) is 25.8 Å². The predicted octanol–water partition coefficient (Wildman–Crippen LogP) is 1.61. The Labute approximate surface area is 100 Å². The number of esters is 1. The minimum absolute atomic E-state index is 0.295. The number of likely N-dealkylation sites (N-methyl/N-ethyl adjacent to an activating group) is 1. The third-order valence-corrected chi connectivity index (χ3v) is 2.75. The fourth-order valence-corrected chi connectivity index (χ4v) is 1.72. The summed E-state index contributed by atoms with van der Waals surface area (Å²) in [6.07, 6.45) is 1.57. The van der Waals surface area contributed by atoms with Crippen LogP contribution < -0.4 is 5.32 Å². The van der Waals surface area contributed by atoms with Gasteiger partial charge in [0, 0.05) is 0 Å². The van der Waals surface area contributed by atoms with Crippen molar-refractivity contribution in [2.75, 3.05) is 13.7 Å². The van der Waals surface area contributed by atoms with E-state index in [-0.39, 0.29) is 0 Å². The fraction of sp³-hybridized carbons (Fsp3) is 0.500. The van der Waals surface area contributed by atoms with Crippen molar-refractivity contribution in [1.82, 2.24) is 10.3 Å². The van der Waals surface area contributed by atoms with Gasteiger partial charge >= 0.3 is 5.97 Å². The van der Waals surface area contributed by atoms with Gasteiger partial charge in [0.25, 0.3) is 0 Å². The Kier molecular flexibility index (Phi) is 4.57. The molecule has 94 valence electrons. The van der Waals surface area contributed by atoms with Gasteiger partial charge in [-0.2, -0.15) is 0 Å². The zero-order valence-electron chi connectivity index (χ0n) is 10.3. The van der Waals surface area contributed by atoms with Crippen LogP contribution in [0, 0.1) is 5.82 Å². The number of hydrogen-bond donors (Lipinski definition) is 1. The van der Waals surface area contributed by atoms with Gasteiger partial charge in [-0.15, -0.1) is 0 Å². The normalized spacial score (nSPS) is 14.1. The van der Waals surface area contributed by atoms with Crippen molar-refractivity contribution in [1.29, 1.82) is 0 Å². The first-order chi connectivity index (χ1) is 8.10. The van der Waals surface area contributed by atoms with Crippen LogP contribution in [0.4, 0.5) is 4.39 Å². The number of carbonyl (C=O) groups excluding carboxylic acids is 1. The van der Waals surface area contributed by atoms with Gasteiger partial charge < -0.3 is 4.74 Å². The summed E-state index contributed by atoms with van der Waals surface area (Å²) in [5.74, 6) is -0.831. The van der Waals surface area contributed by atoms with Gasteiger partial charge in [0.1, 0.15) is 5.82 Å². The molecule has 0 amide bonds. The van der Waals surface area contributed by atoms with Gasteiger partial charge in [0.2, 0.25) is 0 Å². The molecule has 1 N–H and O–H groups in total. The topological polar surface area (TPSA) is 51.2 Å². The highest BCUT2D eigenvalue weighted by molar-refractivity contribution is 5.82. The van der Waals surface area contributed by atoms with Crippen LogP contribution in [-0.2, 0) is 15.1 Å². The van der Waals surface area contributed by atoms with Gasteiger partial charge in [-0.05, 0) is 32.5 Å². The number of carbonyl (C=O) groups is 1. The number of hydrogen-bond acceptors (Lipinski definition) is 4. The third-order valence-electron chi connectivity index (χ3n) is 2.75. The molecule has 17 heavy (non-hydrogen) atoms. The first kappa shape index (κ1) is 13.6. The molecule has 0 radical (unpaired) electrons. The number of rotatable bonds is 5. The number of ether oxygens (including phenoxy) is 1. The standard InChI is InChI=1S/C12H17FN2O2/c1-4-12(14-3,11(16)17-5-2)10-7-6-9(13)8-15-10/h6-8,14H,4-5H2,1-3H3. The molecule has 1 rings (SSSR count). The molecular weight excluding hydrogens is 223 g/mol. The first-order valence-corrected chi connectivity index (χ1v) is 5.58. The number of nitrogens with zero attached hydrogens (tertiary/aromatic N) is 1. The van der Waals surface area contributed by atoms with E-state index in [1.165, 1.54) is 12.1 Å². The molecule has 4 nitrogen and oxygen atoms in total. The Bertz CT molecular complexity index is 375. The molecule has 0 fully saturated rings. The molecule has 0 aliphatic carbocycles. The summed E-state index contributed by atoms with van der Waals surface area (Å²) in [6.45, 7) is 3.88. The van der Waals surface area contributed by atoms with E-state index in [4.69, 9.17) is 4.74 Å². The quantitative estimate of drug-likeness (QED) is 0.794. The van der Waals surface area contributed by atoms with E-state index in [2.05, 4.69) is 10.3 Å². The second-order valence-electron chi connectivity index (χ2n) is 3.59. The molecule has 0 aliphatic rings. The third kappa shape index (κ3) is 2.61. The maximum Gasteiger partial charge on any atom is 0.332 e. The summed E-state index contributed by atoms with van der Waals surface area (Å²) < 4.78 is 17.9. The molecule has 0 spiro atoms. The Morgan fingerprint density at radius 2 is 2.24 bits per heavy atom. The van der Waals surface area contributed by atoms with Crippen LogP contribution in [0.1, 0.15) is 26.0 Å². The van der Waals surface area contributed by atoms with Crippen LogP contribution >= 0.6 is 0 Å². The van der Waals surface area contributed by atoms with Crippen molar-refractivity contribution in [3.05, 3.63) is 29.8 Å². The average Bonchev–Trinajstić information content (AvgIpc) is 2.34. The fourth-order valence-electron chi connectivity index (χ4n) is 1.72. The highest BCUT2D eigenvalue weighted by Crippen LogP contribution is 2.24. The zero-order valence-corrected chi connectivity index (χ0v) is 10.3. The SMILES string of the molecule is CCOC(=O)C(CC)(NC)c1ccc(F)cn1. The Balaban J connectivity index is 3.14. The van der Waals surface area contributed by atoms with Crippen LogP contribution in [0.25, 0.3) is 0 Å². The number of halogens is 1. The Morgan fingerprint density at radius 1 is 1.53 bits per heavy atom. The molecule has 1 aromatic heterocycles. The van der Waals surface area contributed by atoms with Crippen molar-refractivity contribution < 1.29 is 13.9 Å². The van der Waals surface area contributed by atoms with E-state index >= 15 is 0 Å².